The molecular weight excluding hydrogens is 407 g/mol. The summed E-state index contributed by atoms with van der Waals surface area (Å²) in [4.78, 5) is 15.7. The maximum absolute atomic E-state index is 13.9. The fraction of sp³-hybridized carbons (Fsp3) is 0.174. The van der Waals surface area contributed by atoms with Gasteiger partial charge in [-0.05, 0) is 65.6 Å². The average molecular weight is 425 g/mol. The van der Waals surface area contributed by atoms with Gasteiger partial charge in [0.15, 0.2) is 5.54 Å². The third-order valence-corrected chi connectivity index (χ3v) is 6.24. The molecule has 0 fully saturated rings. The van der Waals surface area contributed by atoms with Crippen LogP contribution >= 0.6 is 23.2 Å². The summed E-state index contributed by atoms with van der Waals surface area (Å²) in [5.41, 5.74) is 3.50. The molecule has 3 aromatic carbocycles. The first-order valence-corrected chi connectivity index (χ1v) is 10.2. The van der Waals surface area contributed by atoms with Crippen molar-refractivity contribution in [2.75, 3.05) is 11.4 Å². The van der Waals surface area contributed by atoms with Crippen molar-refractivity contribution in [2.45, 2.75) is 18.5 Å². The van der Waals surface area contributed by atoms with Crippen molar-refractivity contribution >= 4 is 34.8 Å². The summed E-state index contributed by atoms with van der Waals surface area (Å²) in [6.45, 7) is 1.06. The molecule has 0 saturated heterocycles. The van der Waals surface area contributed by atoms with Gasteiger partial charge < -0.3 is 10.0 Å². The number of anilines is 1. The third-order valence-electron chi connectivity index (χ3n) is 5.75. The highest BCUT2D eigenvalue weighted by Crippen LogP contribution is 2.48. The standard InChI is InChI=1S/C23H18Cl2N2O2/c24-16-3-1-14(2-4-16)13-27-21-8-5-17(25)12-20(21)23(22(27)29)19-7-6-18(28)11-15(19)9-10-26-23/h1-8,11-12,26,28H,9-10,13H2. The van der Waals surface area contributed by atoms with Gasteiger partial charge in [0.25, 0.3) is 5.91 Å². The van der Waals surface area contributed by atoms with E-state index in [1.165, 1.54) is 0 Å². The smallest absolute Gasteiger partial charge is 0.256 e. The number of nitrogens with zero attached hydrogens (tertiary/aromatic N) is 1. The lowest BCUT2D eigenvalue weighted by Crippen LogP contribution is -2.54. The minimum Gasteiger partial charge on any atom is -0.508 e. The molecule has 0 aliphatic carbocycles. The van der Waals surface area contributed by atoms with Gasteiger partial charge in [-0.25, -0.2) is 0 Å². The maximum atomic E-state index is 13.9. The van der Waals surface area contributed by atoms with Crippen molar-refractivity contribution < 1.29 is 9.90 Å². The van der Waals surface area contributed by atoms with Crippen LogP contribution in [-0.4, -0.2) is 17.6 Å². The monoisotopic (exact) mass is 424 g/mol. The van der Waals surface area contributed by atoms with E-state index in [9.17, 15) is 9.90 Å². The lowest BCUT2D eigenvalue weighted by atomic mass is 9.78. The molecule has 0 bridgehead atoms. The largest absolute Gasteiger partial charge is 0.508 e. The molecular formula is C23H18Cl2N2O2. The van der Waals surface area contributed by atoms with Crippen molar-refractivity contribution in [1.82, 2.24) is 5.32 Å². The van der Waals surface area contributed by atoms with E-state index in [1.807, 2.05) is 48.5 Å². The van der Waals surface area contributed by atoms with Gasteiger partial charge in [0.1, 0.15) is 5.75 Å². The van der Waals surface area contributed by atoms with Crippen LogP contribution in [0.15, 0.2) is 60.7 Å². The molecule has 2 N–H and O–H groups in total. The fourth-order valence-corrected chi connectivity index (χ4v) is 4.76. The number of halogens is 2. The van der Waals surface area contributed by atoms with E-state index in [-0.39, 0.29) is 11.7 Å². The molecule has 1 spiro atoms. The fourth-order valence-electron chi connectivity index (χ4n) is 4.46. The van der Waals surface area contributed by atoms with Gasteiger partial charge in [-0.3, -0.25) is 10.1 Å². The molecule has 4 nitrogen and oxygen atoms in total. The number of benzene rings is 3. The van der Waals surface area contributed by atoms with E-state index in [0.29, 0.717) is 23.1 Å². The molecule has 29 heavy (non-hydrogen) atoms. The van der Waals surface area contributed by atoms with Crippen LogP contribution in [0.25, 0.3) is 0 Å². The van der Waals surface area contributed by atoms with Crippen LogP contribution in [0.4, 0.5) is 5.69 Å². The quantitative estimate of drug-likeness (QED) is 0.629. The van der Waals surface area contributed by atoms with Crippen molar-refractivity contribution in [2.24, 2.45) is 0 Å². The van der Waals surface area contributed by atoms with Gasteiger partial charge >= 0.3 is 0 Å². The Morgan fingerprint density at radius 1 is 0.966 bits per heavy atom. The van der Waals surface area contributed by atoms with Crippen molar-refractivity contribution in [3.8, 4) is 5.75 Å². The number of fused-ring (bicyclic) bond motifs is 4. The minimum atomic E-state index is -1.01. The van der Waals surface area contributed by atoms with E-state index in [2.05, 4.69) is 5.32 Å². The van der Waals surface area contributed by atoms with Crippen molar-refractivity contribution in [3.63, 3.8) is 0 Å². The average Bonchev–Trinajstić information content (AvgIpc) is 2.92. The molecule has 1 unspecified atom stereocenters. The summed E-state index contributed by atoms with van der Waals surface area (Å²) in [6, 6.07) is 18.3. The first kappa shape index (κ1) is 18.5. The molecule has 2 aliphatic heterocycles. The summed E-state index contributed by atoms with van der Waals surface area (Å²) in [5, 5.41) is 14.7. The topological polar surface area (TPSA) is 52.6 Å². The Balaban J connectivity index is 1.68. The molecule has 2 heterocycles. The van der Waals surface area contributed by atoms with Crippen molar-refractivity contribution in [1.29, 1.82) is 0 Å². The second kappa shape index (κ2) is 6.77. The number of aromatic hydroxyl groups is 1. The van der Waals surface area contributed by atoms with Gasteiger partial charge in [0.05, 0.1) is 12.2 Å². The second-order valence-corrected chi connectivity index (χ2v) is 8.32. The first-order chi connectivity index (χ1) is 14.0. The van der Waals surface area contributed by atoms with Gasteiger partial charge in [-0.2, -0.15) is 0 Å². The lowest BCUT2D eigenvalue weighted by molar-refractivity contribution is -0.123. The molecule has 0 saturated carbocycles. The predicted molar refractivity (Wildman–Crippen MR) is 115 cm³/mol. The Labute approximate surface area is 178 Å². The third kappa shape index (κ3) is 2.83. The summed E-state index contributed by atoms with van der Waals surface area (Å²) in [6.07, 6.45) is 0.742. The molecule has 0 aromatic heterocycles. The van der Waals surface area contributed by atoms with Crippen LogP contribution in [0, 0.1) is 0 Å². The van der Waals surface area contributed by atoms with Crippen LogP contribution in [0.2, 0.25) is 10.0 Å². The van der Waals surface area contributed by atoms with Crippen LogP contribution in [-0.2, 0) is 23.3 Å². The molecule has 3 aromatic rings. The zero-order valence-electron chi connectivity index (χ0n) is 15.5. The summed E-state index contributed by atoms with van der Waals surface area (Å²) in [5.74, 6) is 0.159. The van der Waals surface area contributed by atoms with Gasteiger partial charge in [0, 0.05) is 22.2 Å². The first-order valence-electron chi connectivity index (χ1n) is 9.43. The summed E-state index contributed by atoms with van der Waals surface area (Å²) < 4.78 is 0. The molecule has 1 amide bonds. The summed E-state index contributed by atoms with van der Waals surface area (Å²) >= 11 is 12.4. The zero-order valence-corrected chi connectivity index (χ0v) is 17.0. The highest BCUT2D eigenvalue weighted by atomic mass is 35.5. The highest BCUT2D eigenvalue weighted by molar-refractivity contribution is 6.31. The number of rotatable bonds is 2. The number of phenols is 1. The number of hydrogen-bond acceptors (Lipinski definition) is 3. The van der Waals surface area contributed by atoms with E-state index >= 15 is 0 Å². The molecule has 2 aliphatic rings. The number of carbonyl (C=O) groups excluding carboxylic acids is 1. The predicted octanol–water partition coefficient (Wildman–Crippen LogP) is 4.64. The number of carbonyl (C=O) groups is 1. The number of phenolic OH excluding ortho intramolecular Hbond substituents is 1. The number of amides is 1. The zero-order chi connectivity index (χ0) is 20.2. The van der Waals surface area contributed by atoms with Crippen LogP contribution in [0.1, 0.15) is 22.3 Å². The van der Waals surface area contributed by atoms with Crippen molar-refractivity contribution in [3.05, 3.63) is 93.0 Å². The molecule has 0 radical (unpaired) electrons. The van der Waals surface area contributed by atoms with Crippen LogP contribution in [0.5, 0.6) is 5.75 Å². The SMILES string of the molecule is O=C1N(Cc2ccc(Cl)cc2)c2ccc(Cl)cc2C12NCCc1cc(O)ccc12. The summed E-state index contributed by atoms with van der Waals surface area (Å²) in [7, 11) is 0. The Hall–Kier alpha value is -2.53. The minimum absolute atomic E-state index is 0.0450. The maximum Gasteiger partial charge on any atom is 0.256 e. The van der Waals surface area contributed by atoms with E-state index < -0.39 is 5.54 Å². The number of nitrogens with one attached hydrogen (secondary N) is 1. The number of hydrogen-bond donors (Lipinski definition) is 2. The van der Waals surface area contributed by atoms with E-state index in [4.69, 9.17) is 23.2 Å². The van der Waals surface area contributed by atoms with Crippen LogP contribution in [0.3, 0.4) is 0 Å². The molecule has 6 heteroatoms. The Bertz CT molecular complexity index is 1130. The van der Waals surface area contributed by atoms with Gasteiger partial charge in [-0.15, -0.1) is 0 Å². The Morgan fingerprint density at radius 2 is 1.72 bits per heavy atom. The second-order valence-electron chi connectivity index (χ2n) is 7.45. The molecule has 146 valence electrons. The van der Waals surface area contributed by atoms with Gasteiger partial charge in [0.2, 0.25) is 0 Å². The molecule has 1 atom stereocenters. The Morgan fingerprint density at radius 3 is 2.52 bits per heavy atom. The normalized spacial score (nSPS) is 20.1. The van der Waals surface area contributed by atoms with Gasteiger partial charge in [-0.1, -0.05) is 41.4 Å². The highest BCUT2D eigenvalue weighted by Gasteiger charge is 2.54. The van der Waals surface area contributed by atoms with E-state index in [1.54, 1.807) is 17.0 Å². The molecule has 5 rings (SSSR count). The van der Waals surface area contributed by atoms with E-state index in [0.717, 1.165) is 34.4 Å². The van der Waals surface area contributed by atoms with Crippen LogP contribution < -0.4 is 10.2 Å². The Kier molecular flexibility index (Phi) is 4.32. The lowest BCUT2D eigenvalue weighted by Gasteiger charge is -2.36.